The maximum atomic E-state index is 4.27. The summed E-state index contributed by atoms with van der Waals surface area (Å²) in [7, 11) is 3.98. The number of nitrogens with zero attached hydrogens (tertiary/aromatic N) is 3. The second-order valence-corrected chi connectivity index (χ2v) is 5.12. The minimum absolute atomic E-state index is 0.552. The molecular formula is C11H22N4S. The molecule has 0 aliphatic heterocycles. The van der Waals surface area contributed by atoms with E-state index in [0.717, 1.165) is 11.6 Å². The first-order valence-corrected chi connectivity index (χ1v) is 6.78. The predicted octanol–water partition coefficient (Wildman–Crippen LogP) is 2.07. The predicted molar refractivity (Wildman–Crippen MR) is 68.7 cm³/mol. The average molecular weight is 242 g/mol. The fourth-order valence-corrected chi connectivity index (χ4v) is 2.99. The van der Waals surface area contributed by atoms with Crippen molar-refractivity contribution in [3.63, 3.8) is 0 Å². The summed E-state index contributed by atoms with van der Waals surface area (Å²) < 4.78 is 1.84. The quantitative estimate of drug-likeness (QED) is 0.743. The van der Waals surface area contributed by atoms with Gasteiger partial charge in [-0.05, 0) is 19.9 Å². The first kappa shape index (κ1) is 13.5. The van der Waals surface area contributed by atoms with Crippen molar-refractivity contribution in [3.8, 4) is 0 Å². The summed E-state index contributed by atoms with van der Waals surface area (Å²) in [5.41, 5.74) is 0. The summed E-state index contributed by atoms with van der Waals surface area (Å²) in [4.78, 5) is 4.27. The number of rotatable bonds is 7. The fraction of sp³-hybridized carbons (Fsp3) is 0.818. The second-order valence-electron chi connectivity index (χ2n) is 3.91. The molecule has 0 saturated heterocycles. The zero-order chi connectivity index (χ0) is 12.0. The van der Waals surface area contributed by atoms with E-state index >= 15 is 0 Å². The third-order valence-electron chi connectivity index (χ3n) is 2.75. The maximum Gasteiger partial charge on any atom is 0.186 e. The molecule has 2 atom stereocenters. The highest BCUT2D eigenvalue weighted by molar-refractivity contribution is 7.99. The number of hydrogen-bond acceptors (Lipinski definition) is 4. The van der Waals surface area contributed by atoms with E-state index in [1.807, 2.05) is 30.5 Å². The smallest absolute Gasteiger partial charge is 0.186 e. The Balaban J connectivity index is 2.63. The number of aryl methyl sites for hydroxylation is 1. The topological polar surface area (TPSA) is 42.7 Å². The molecule has 2 unspecified atom stereocenters. The van der Waals surface area contributed by atoms with Gasteiger partial charge in [0.25, 0.3) is 0 Å². The summed E-state index contributed by atoms with van der Waals surface area (Å²) >= 11 is 1.82. The monoisotopic (exact) mass is 242 g/mol. The molecule has 0 fully saturated rings. The lowest BCUT2D eigenvalue weighted by Gasteiger charge is -2.24. The molecule has 0 aliphatic carbocycles. The maximum absolute atomic E-state index is 4.27. The Morgan fingerprint density at radius 3 is 2.69 bits per heavy atom. The third-order valence-corrected chi connectivity index (χ3v) is 4.29. The zero-order valence-corrected chi connectivity index (χ0v) is 11.4. The highest BCUT2D eigenvalue weighted by atomic mass is 32.2. The Morgan fingerprint density at radius 1 is 1.50 bits per heavy atom. The Bertz CT molecular complexity index is 300. The lowest BCUT2D eigenvalue weighted by atomic mass is 10.1. The number of nitrogens with one attached hydrogen (secondary N) is 1. The fourth-order valence-electron chi connectivity index (χ4n) is 1.80. The Labute approximate surface area is 102 Å². The van der Waals surface area contributed by atoms with Gasteiger partial charge in [-0.2, -0.15) is 5.10 Å². The Morgan fingerprint density at radius 2 is 2.25 bits per heavy atom. The van der Waals surface area contributed by atoms with Gasteiger partial charge in [-0.15, -0.1) is 0 Å². The average Bonchev–Trinajstić information content (AvgIpc) is 2.69. The molecule has 5 heteroatoms. The van der Waals surface area contributed by atoms with Crippen LogP contribution in [0.5, 0.6) is 0 Å². The lowest BCUT2D eigenvalue weighted by molar-refractivity contribution is 0.488. The van der Waals surface area contributed by atoms with Crippen molar-refractivity contribution in [3.05, 3.63) is 6.33 Å². The van der Waals surface area contributed by atoms with Crippen molar-refractivity contribution in [2.45, 2.75) is 49.6 Å². The molecule has 1 aromatic rings. The first-order chi connectivity index (χ1) is 7.72. The molecular weight excluding hydrogens is 220 g/mol. The van der Waals surface area contributed by atoms with Crippen LogP contribution in [0.25, 0.3) is 0 Å². The zero-order valence-electron chi connectivity index (χ0n) is 10.6. The van der Waals surface area contributed by atoms with E-state index in [1.54, 1.807) is 6.33 Å². The van der Waals surface area contributed by atoms with Crippen molar-refractivity contribution in [1.29, 1.82) is 0 Å². The van der Waals surface area contributed by atoms with Gasteiger partial charge in [0.1, 0.15) is 6.33 Å². The van der Waals surface area contributed by atoms with Gasteiger partial charge < -0.3 is 5.32 Å². The minimum atomic E-state index is 0.552. The minimum Gasteiger partial charge on any atom is -0.316 e. The lowest BCUT2D eigenvalue weighted by Crippen LogP contribution is -2.35. The van der Waals surface area contributed by atoms with E-state index < -0.39 is 0 Å². The van der Waals surface area contributed by atoms with Crippen LogP contribution >= 0.6 is 11.8 Å². The summed E-state index contributed by atoms with van der Waals surface area (Å²) in [5, 5.41) is 9.07. The van der Waals surface area contributed by atoms with Gasteiger partial charge in [0.15, 0.2) is 5.16 Å². The van der Waals surface area contributed by atoms with Crippen LogP contribution in [-0.4, -0.2) is 33.1 Å². The van der Waals surface area contributed by atoms with Gasteiger partial charge in [0.05, 0.1) is 0 Å². The van der Waals surface area contributed by atoms with Crippen LogP contribution in [0.4, 0.5) is 0 Å². The SMILES string of the molecule is CCCC(NC)C(CC)Sc1ncnn1C. The molecule has 1 rings (SSSR count). The number of aromatic nitrogens is 3. The van der Waals surface area contributed by atoms with Crippen LogP contribution in [-0.2, 0) is 7.05 Å². The first-order valence-electron chi connectivity index (χ1n) is 5.90. The third kappa shape index (κ3) is 3.49. The molecule has 0 amide bonds. The Hall–Kier alpha value is -0.550. The van der Waals surface area contributed by atoms with E-state index in [4.69, 9.17) is 0 Å². The van der Waals surface area contributed by atoms with Gasteiger partial charge >= 0.3 is 0 Å². The molecule has 0 spiro atoms. The van der Waals surface area contributed by atoms with Crippen molar-refractivity contribution >= 4 is 11.8 Å². The van der Waals surface area contributed by atoms with Crippen LogP contribution in [0.2, 0.25) is 0 Å². The molecule has 0 aliphatic rings. The molecule has 16 heavy (non-hydrogen) atoms. The highest BCUT2D eigenvalue weighted by Crippen LogP contribution is 2.26. The molecule has 0 saturated carbocycles. The van der Waals surface area contributed by atoms with E-state index in [9.17, 15) is 0 Å². The molecule has 0 aromatic carbocycles. The van der Waals surface area contributed by atoms with Crippen LogP contribution in [0.15, 0.2) is 11.5 Å². The molecule has 0 bridgehead atoms. The van der Waals surface area contributed by atoms with E-state index in [0.29, 0.717) is 11.3 Å². The van der Waals surface area contributed by atoms with Gasteiger partial charge in [-0.3, -0.25) is 0 Å². The van der Waals surface area contributed by atoms with Crippen LogP contribution in [0.1, 0.15) is 33.1 Å². The standard InChI is InChI=1S/C11H22N4S/c1-5-7-9(12-3)10(6-2)16-11-13-8-14-15(11)4/h8-10,12H,5-7H2,1-4H3. The number of thioether (sulfide) groups is 1. The van der Waals surface area contributed by atoms with Gasteiger partial charge in [-0.25, -0.2) is 9.67 Å². The van der Waals surface area contributed by atoms with E-state index in [-0.39, 0.29) is 0 Å². The van der Waals surface area contributed by atoms with Crippen molar-refractivity contribution in [2.75, 3.05) is 7.05 Å². The number of hydrogen-bond donors (Lipinski definition) is 1. The summed E-state index contributed by atoms with van der Waals surface area (Å²) in [6.45, 7) is 4.46. The summed E-state index contributed by atoms with van der Waals surface area (Å²) in [5.74, 6) is 0. The molecule has 1 aromatic heterocycles. The highest BCUT2D eigenvalue weighted by Gasteiger charge is 2.20. The largest absolute Gasteiger partial charge is 0.316 e. The van der Waals surface area contributed by atoms with Crippen molar-refractivity contribution in [2.24, 2.45) is 7.05 Å². The van der Waals surface area contributed by atoms with Crippen molar-refractivity contribution in [1.82, 2.24) is 20.1 Å². The second kappa shape index (κ2) is 6.91. The molecule has 4 nitrogen and oxygen atoms in total. The van der Waals surface area contributed by atoms with Crippen LogP contribution in [0, 0.1) is 0 Å². The normalized spacial score (nSPS) is 15.0. The van der Waals surface area contributed by atoms with Gasteiger partial charge in [0, 0.05) is 18.3 Å². The van der Waals surface area contributed by atoms with E-state index in [1.165, 1.54) is 12.8 Å². The Kier molecular flexibility index (Phi) is 5.84. The van der Waals surface area contributed by atoms with Crippen LogP contribution in [0.3, 0.4) is 0 Å². The van der Waals surface area contributed by atoms with Gasteiger partial charge in [-0.1, -0.05) is 32.0 Å². The molecule has 1 N–H and O–H groups in total. The summed E-state index contributed by atoms with van der Waals surface area (Å²) in [6.07, 6.45) is 5.17. The molecule has 0 radical (unpaired) electrons. The van der Waals surface area contributed by atoms with E-state index in [2.05, 4.69) is 29.2 Å². The molecule has 92 valence electrons. The van der Waals surface area contributed by atoms with Crippen molar-refractivity contribution < 1.29 is 0 Å². The van der Waals surface area contributed by atoms with Crippen LogP contribution < -0.4 is 5.32 Å². The molecule has 1 heterocycles. The summed E-state index contributed by atoms with van der Waals surface area (Å²) in [6, 6.07) is 0.552. The van der Waals surface area contributed by atoms with Gasteiger partial charge in [0.2, 0.25) is 0 Å².